The van der Waals surface area contributed by atoms with Crippen molar-refractivity contribution in [3.63, 3.8) is 0 Å². The van der Waals surface area contributed by atoms with E-state index in [0.717, 1.165) is 25.8 Å². The van der Waals surface area contributed by atoms with Crippen LogP contribution in [0.25, 0.3) is 0 Å². The van der Waals surface area contributed by atoms with Crippen molar-refractivity contribution in [3.05, 3.63) is 0 Å². The second-order valence-electron chi connectivity index (χ2n) is 5.54. The van der Waals surface area contributed by atoms with Gasteiger partial charge in [0.15, 0.2) is 0 Å². The molecule has 2 N–H and O–H groups in total. The lowest BCUT2D eigenvalue weighted by Gasteiger charge is -2.21. The molecule has 0 aromatic carbocycles. The summed E-state index contributed by atoms with van der Waals surface area (Å²) in [6.07, 6.45) is 2.94. The Balaban J connectivity index is 2.04. The smallest absolute Gasteiger partial charge is 0.223 e. The Morgan fingerprint density at radius 2 is 2.13 bits per heavy atom. The molecule has 1 saturated carbocycles. The van der Waals surface area contributed by atoms with E-state index in [1.807, 2.05) is 13.8 Å². The summed E-state index contributed by atoms with van der Waals surface area (Å²) in [6, 6.07) is 0. The maximum atomic E-state index is 11.4. The fraction of sp³-hybridized carbons (Fsp3) is 0.917. The molecule has 0 bridgehead atoms. The SMILES string of the molecule is CC1CC1C(=O)NCCCC(C)(C)CO. The molecule has 15 heavy (non-hydrogen) atoms. The molecule has 0 spiro atoms. The Morgan fingerprint density at radius 3 is 2.60 bits per heavy atom. The molecule has 1 aliphatic carbocycles. The van der Waals surface area contributed by atoms with Gasteiger partial charge in [-0.25, -0.2) is 0 Å². The average molecular weight is 213 g/mol. The van der Waals surface area contributed by atoms with E-state index in [4.69, 9.17) is 5.11 Å². The third kappa shape index (κ3) is 4.20. The van der Waals surface area contributed by atoms with Crippen LogP contribution in [0.15, 0.2) is 0 Å². The van der Waals surface area contributed by atoms with Crippen LogP contribution in [-0.4, -0.2) is 24.2 Å². The van der Waals surface area contributed by atoms with Crippen molar-refractivity contribution in [2.45, 2.75) is 40.0 Å². The molecular weight excluding hydrogens is 190 g/mol. The van der Waals surface area contributed by atoms with Gasteiger partial charge in [-0.3, -0.25) is 4.79 Å². The summed E-state index contributed by atoms with van der Waals surface area (Å²) in [4.78, 5) is 11.4. The van der Waals surface area contributed by atoms with E-state index in [1.165, 1.54) is 0 Å². The maximum Gasteiger partial charge on any atom is 0.223 e. The quantitative estimate of drug-likeness (QED) is 0.658. The zero-order chi connectivity index (χ0) is 11.5. The highest BCUT2D eigenvalue weighted by atomic mass is 16.3. The van der Waals surface area contributed by atoms with E-state index < -0.39 is 0 Å². The first-order valence-electron chi connectivity index (χ1n) is 5.85. The highest BCUT2D eigenvalue weighted by Crippen LogP contribution is 2.37. The van der Waals surface area contributed by atoms with Crippen LogP contribution >= 0.6 is 0 Å². The van der Waals surface area contributed by atoms with E-state index in [0.29, 0.717) is 5.92 Å². The highest BCUT2D eigenvalue weighted by Gasteiger charge is 2.38. The summed E-state index contributed by atoms with van der Waals surface area (Å²) >= 11 is 0. The molecule has 1 amide bonds. The van der Waals surface area contributed by atoms with Gasteiger partial charge in [0.05, 0.1) is 0 Å². The zero-order valence-electron chi connectivity index (χ0n) is 10.0. The van der Waals surface area contributed by atoms with Crippen LogP contribution in [0.4, 0.5) is 0 Å². The minimum absolute atomic E-state index is 0.0163. The van der Waals surface area contributed by atoms with Crippen LogP contribution < -0.4 is 5.32 Å². The molecule has 88 valence electrons. The summed E-state index contributed by atoms with van der Waals surface area (Å²) in [5.41, 5.74) is -0.0163. The van der Waals surface area contributed by atoms with Crippen molar-refractivity contribution in [3.8, 4) is 0 Å². The third-order valence-corrected chi connectivity index (χ3v) is 3.20. The second kappa shape index (κ2) is 4.97. The molecular formula is C12H23NO2. The third-order valence-electron chi connectivity index (χ3n) is 3.20. The zero-order valence-corrected chi connectivity index (χ0v) is 10.0. The molecule has 1 fully saturated rings. The number of rotatable bonds is 6. The molecule has 3 heteroatoms. The largest absolute Gasteiger partial charge is 0.396 e. The van der Waals surface area contributed by atoms with Gasteiger partial charge in [-0.1, -0.05) is 20.8 Å². The molecule has 0 aromatic rings. The number of aliphatic hydroxyl groups is 1. The van der Waals surface area contributed by atoms with Crippen molar-refractivity contribution in [1.29, 1.82) is 0 Å². The Kier molecular flexibility index (Phi) is 4.14. The lowest BCUT2D eigenvalue weighted by Crippen LogP contribution is -2.28. The second-order valence-corrected chi connectivity index (χ2v) is 5.54. The number of nitrogens with one attached hydrogen (secondary N) is 1. The maximum absolute atomic E-state index is 11.4. The van der Waals surface area contributed by atoms with Crippen LogP contribution in [0.1, 0.15) is 40.0 Å². The number of hydrogen-bond donors (Lipinski definition) is 2. The first-order chi connectivity index (χ1) is 6.96. The standard InChI is InChI=1S/C12H23NO2/c1-9-7-10(9)11(15)13-6-4-5-12(2,3)8-14/h9-10,14H,4-8H2,1-3H3,(H,13,15). The van der Waals surface area contributed by atoms with Gasteiger partial charge in [0.25, 0.3) is 0 Å². The van der Waals surface area contributed by atoms with Gasteiger partial charge in [0.1, 0.15) is 0 Å². The Bertz CT molecular complexity index is 226. The van der Waals surface area contributed by atoms with Crippen molar-refractivity contribution < 1.29 is 9.90 Å². The molecule has 0 aromatic heterocycles. The van der Waals surface area contributed by atoms with Gasteiger partial charge in [0.2, 0.25) is 5.91 Å². The Morgan fingerprint density at radius 1 is 1.53 bits per heavy atom. The highest BCUT2D eigenvalue weighted by molar-refractivity contribution is 5.81. The predicted octanol–water partition coefficient (Wildman–Crippen LogP) is 1.56. The number of amides is 1. The van der Waals surface area contributed by atoms with E-state index in [1.54, 1.807) is 0 Å². The monoisotopic (exact) mass is 213 g/mol. The molecule has 1 aliphatic rings. The van der Waals surface area contributed by atoms with Crippen LogP contribution in [-0.2, 0) is 4.79 Å². The van der Waals surface area contributed by atoms with Gasteiger partial charge in [-0.2, -0.15) is 0 Å². The molecule has 2 atom stereocenters. The van der Waals surface area contributed by atoms with E-state index >= 15 is 0 Å². The number of aliphatic hydroxyl groups excluding tert-OH is 1. The molecule has 0 saturated heterocycles. The van der Waals surface area contributed by atoms with E-state index in [-0.39, 0.29) is 23.8 Å². The average Bonchev–Trinajstić information content (AvgIpc) is 2.90. The molecule has 0 radical (unpaired) electrons. The fourth-order valence-corrected chi connectivity index (χ4v) is 1.68. The van der Waals surface area contributed by atoms with Gasteiger partial charge in [-0.15, -0.1) is 0 Å². The van der Waals surface area contributed by atoms with Gasteiger partial charge < -0.3 is 10.4 Å². The number of carbonyl (C=O) groups excluding carboxylic acids is 1. The topological polar surface area (TPSA) is 49.3 Å². The molecule has 1 rings (SSSR count). The molecule has 0 heterocycles. The number of carbonyl (C=O) groups is 1. The minimum Gasteiger partial charge on any atom is -0.396 e. The lowest BCUT2D eigenvalue weighted by molar-refractivity contribution is -0.122. The predicted molar refractivity (Wildman–Crippen MR) is 60.4 cm³/mol. The van der Waals surface area contributed by atoms with Crippen LogP contribution in [0.3, 0.4) is 0 Å². The molecule has 0 aliphatic heterocycles. The van der Waals surface area contributed by atoms with Crippen molar-refractivity contribution in [2.75, 3.05) is 13.2 Å². The Labute approximate surface area is 92.3 Å². The molecule has 3 nitrogen and oxygen atoms in total. The summed E-state index contributed by atoms with van der Waals surface area (Å²) in [7, 11) is 0. The normalized spacial score (nSPS) is 25.1. The fourth-order valence-electron chi connectivity index (χ4n) is 1.68. The van der Waals surface area contributed by atoms with Crippen LogP contribution in [0.5, 0.6) is 0 Å². The summed E-state index contributed by atoms with van der Waals surface area (Å²) in [6.45, 7) is 7.14. The first kappa shape index (κ1) is 12.5. The van der Waals surface area contributed by atoms with Crippen molar-refractivity contribution in [2.24, 2.45) is 17.3 Å². The van der Waals surface area contributed by atoms with Crippen molar-refractivity contribution in [1.82, 2.24) is 5.32 Å². The Hall–Kier alpha value is -0.570. The molecule has 2 unspecified atom stereocenters. The minimum atomic E-state index is -0.0163. The summed E-state index contributed by atoms with van der Waals surface area (Å²) < 4.78 is 0. The van der Waals surface area contributed by atoms with Gasteiger partial charge >= 0.3 is 0 Å². The lowest BCUT2D eigenvalue weighted by atomic mass is 9.89. The van der Waals surface area contributed by atoms with Gasteiger partial charge in [-0.05, 0) is 30.6 Å². The summed E-state index contributed by atoms with van der Waals surface area (Å²) in [5, 5.41) is 12.0. The van der Waals surface area contributed by atoms with Crippen LogP contribution in [0, 0.1) is 17.3 Å². The van der Waals surface area contributed by atoms with E-state index in [2.05, 4.69) is 12.2 Å². The first-order valence-corrected chi connectivity index (χ1v) is 5.85. The van der Waals surface area contributed by atoms with Crippen molar-refractivity contribution >= 4 is 5.91 Å². The summed E-state index contributed by atoms with van der Waals surface area (Å²) in [5.74, 6) is 1.07. The van der Waals surface area contributed by atoms with E-state index in [9.17, 15) is 4.79 Å². The van der Waals surface area contributed by atoms with Gasteiger partial charge in [0, 0.05) is 19.1 Å². The van der Waals surface area contributed by atoms with Crippen LogP contribution in [0.2, 0.25) is 0 Å². The number of hydrogen-bond acceptors (Lipinski definition) is 2.